The van der Waals surface area contributed by atoms with Gasteiger partial charge in [-0.15, -0.1) is 0 Å². The van der Waals surface area contributed by atoms with Crippen LogP contribution in [0.1, 0.15) is 37.5 Å². The smallest absolute Gasteiger partial charge is 0.0991 e. The molecule has 0 amide bonds. The first kappa shape index (κ1) is 14.0. The highest BCUT2D eigenvalue weighted by atomic mass is 14.2. The van der Waals surface area contributed by atoms with Gasteiger partial charge in [0.2, 0.25) is 0 Å². The van der Waals surface area contributed by atoms with Crippen LogP contribution < -0.4 is 0 Å². The molecule has 1 nitrogen and oxygen atoms in total. The third-order valence-electron chi connectivity index (χ3n) is 2.87. The van der Waals surface area contributed by atoms with Gasteiger partial charge in [-0.05, 0) is 55.2 Å². The lowest BCUT2D eigenvalue weighted by molar-refractivity contribution is 1.13. The maximum atomic E-state index is 8.91. The first-order valence-corrected chi connectivity index (χ1v) is 6.06. The Morgan fingerprint density at radius 2 is 1.89 bits per heavy atom. The van der Waals surface area contributed by atoms with Gasteiger partial charge in [0.25, 0.3) is 0 Å². The van der Waals surface area contributed by atoms with Crippen LogP contribution in [0.25, 0.3) is 6.08 Å². The molecule has 0 bridgehead atoms. The molecule has 18 heavy (non-hydrogen) atoms. The lowest BCUT2D eigenvalue weighted by Gasteiger charge is -2.09. The third-order valence-corrected chi connectivity index (χ3v) is 2.87. The Morgan fingerprint density at radius 1 is 1.28 bits per heavy atom. The SMILES string of the molecule is C=C(C)C(=Cc1ccc(C#N)cc1CC)C(=C)C. The van der Waals surface area contributed by atoms with Gasteiger partial charge in [0.05, 0.1) is 11.6 Å². The van der Waals surface area contributed by atoms with E-state index < -0.39 is 0 Å². The minimum absolute atomic E-state index is 0.705. The molecule has 0 aliphatic carbocycles. The van der Waals surface area contributed by atoms with Crippen molar-refractivity contribution in [1.82, 2.24) is 0 Å². The van der Waals surface area contributed by atoms with E-state index in [1.54, 1.807) is 0 Å². The molecule has 0 heterocycles. The Morgan fingerprint density at radius 3 is 2.33 bits per heavy atom. The molecular weight excluding hydrogens is 218 g/mol. The number of hydrogen-bond donors (Lipinski definition) is 0. The van der Waals surface area contributed by atoms with Crippen LogP contribution in [0, 0.1) is 11.3 Å². The molecule has 0 unspecified atom stereocenters. The monoisotopic (exact) mass is 237 g/mol. The van der Waals surface area contributed by atoms with Gasteiger partial charge in [-0.2, -0.15) is 5.26 Å². The summed E-state index contributed by atoms with van der Waals surface area (Å²) in [4.78, 5) is 0. The van der Waals surface area contributed by atoms with Crippen molar-refractivity contribution in [3.8, 4) is 6.07 Å². The number of hydrogen-bond acceptors (Lipinski definition) is 1. The highest BCUT2D eigenvalue weighted by Gasteiger charge is 2.04. The number of allylic oxidation sites excluding steroid dienone is 3. The topological polar surface area (TPSA) is 23.8 Å². The molecule has 1 rings (SSSR count). The number of nitrogens with zero attached hydrogens (tertiary/aromatic N) is 1. The van der Waals surface area contributed by atoms with Gasteiger partial charge in [-0.1, -0.05) is 37.3 Å². The van der Waals surface area contributed by atoms with E-state index in [1.807, 2.05) is 32.0 Å². The van der Waals surface area contributed by atoms with Gasteiger partial charge in [0.15, 0.2) is 0 Å². The van der Waals surface area contributed by atoms with Crippen LogP contribution in [-0.4, -0.2) is 0 Å². The molecule has 0 radical (unpaired) electrons. The largest absolute Gasteiger partial charge is 0.192 e. The Bertz CT molecular complexity index is 537. The third kappa shape index (κ3) is 3.21. The number of aryl methyl sites for hydroxylation is 1. The fourth-order valence-corrected chi connectivity index (χ4v) is 1.89. The fraction of sp³-hybridized carbons (Fsp3) is 0.235. The number of nitriles is 1. The Labute approximate surface area is 110 Å². The summed E-state index contributed by atoms with van der Waals surface area (Å²) < 4.78 is 0. The summed E-state index contributed by atoms with van der Waals surface area (Å²) in [6, 6.07) is 7.95. The van der Waals surface area contributed by atoms with Gasteiger partial charge >= 0.3 is 0 Å². The molecule has 0 spiro atoms. The molecular formula is C17H19N. The van der Waals surface area contributed by atoms with Gasteiger partial charge in [0.1, 0.15) is 0 Å². The quantitative estimate of drug-likeness (QED) is 0.699. The summed E-state index contributed by atoms with van der Waals surface area (Å²) in [6.45, 7) is 14.0. The predicted octanol–water partition coefficient (Wildman–Crippen LogP) is 4.66. The maximum Gasteiger partial charge on any atom is 0.0991 e. The van der Waals surface area contributed by atoms with Crippen LogP contribution in [0.15, 0.2) is 48.1 Å². The zero-order chi connectivity index (χ0) is 13.7. The normalized spacial score (nSPS) is 9.44. The predicted molar refractivity (Wildman–Crippen MR) is 78.1 cm³/mol. The maximum absolute atomic E-state index is 8.91. The van der Waals surface area contributed by atoms with Crippen molar-refractivity contribution in [2.75, 3.05) is 0 Å². The van der Waals surface area contributed by atoms with Crippen LogP contribution in [0.4, 0.5) is 0 Å². The summed E-state index contributed by atoms with van der Waals surface area (Å²) in [5.41, 5.74) is 6.11. The van der Waals surface area contributed by atoms with Gasteiger partial charge in [-0.3, -0.25) is 0 Å². The Kier molecular flexibility index (Phi) is 4.68. The standard InChI is InChI=1S/C17H19N/c1-6-15-9-14(11-18)7-8-16(15)10-17(12(2)3)13(4)5/h7-10H,2,4,6H2,1,3,5H3. The van der Waals surface area contributed by atoms with Crippen LogP contribution in [0.5, 0.6) is 0 Å². The van der Waals surface area contributed by atoms with Gasteiger partial charge in [-0.25, -0.2) is 0 Å². The molecule has 0 N–H and O–H groups in total. The van der Waals surface area contributed by atoms with Crippen molar-refractivity contribution in [2.45, 2.75) is 27.2 Å². The zero-order valence-electron chi connectivity index (χ0n) is 11.4. The summed E-state index contributed by atoms with van der Waals surface area (Å²) in [5.74, 6) is 0. The number of benzene rings is 1. The van der Waals surface area contributed by atoms with Crippen molar-refractivity contribution in [3.63, 3.8) is 0 Å². The lowest BCUT2D eigenvalue weighted by Crippen LogP contribution is -1.91. The van der Waals surface area contributed by atoms with Crippen LogP contribution in [0.3, 0.4) is 0 Å². The van der Waals surface area contributed by atoms with Gasteiger partial charge in [0, 0.05) is 0 Å². The van der Waals surface area contributed by atoms with E-state index in [1.165, 1.54) is 5.56 Å². The Hall–Kier alpha value is -2.07. The van der Waals surface area contributed by atoms with E-state index in [2.05, 4.69) is 32.2 Å². The van der Waals surface area contributed by atoms with Crippen molar-refractivity contribution < 1.29 is 0 Å². The molecule has 0 saturated carbocycles. The molecule has 1 aromatic carbocycles. The minimum Gasteiger partial charge on any atom is -0.192 e. The van der Waals surface area contributed by atoms with E-state index in [0.717, 1.165) is 28.7 Å². The molecule has 0 aliphatic heterocycles. The number of rotatable bonds is 4. The average molecular weight is 237 g/mol. The van der Waals surface area contributed by atoms with Gasteiger partial charge < -0.3 is 0 Å². The molecule has 0 saturated heterocycles. The molecule has 0 aliphatic rings. The summed E-state index contributed by atoms with van der Waals surface area (Å²) in [5, 5.41) is 8.91. The van der Waals surface area contributed by atoms with Crippen LogP contribution in [-0.2, 0) is 6.42 Å². The van der Waals surface area contributed by atoms with E-state index >= 15 is 0 Å². The molecule has 0 fully saturated rings. The Balaban J connectivity index is 3.33. The summed E-state index contributed by atoms with van der Waals surface area (Å²) in [7, 11) is 0. The van der Waals surface area contributed by atoms with E-state index in [0.29, 0.717) is 5.56 Å². The van der Waals surface area contributed by atoms with Crippen molar-refractivity contribution in [1.29, 1.82) is 5.26 Å². The highest BCUT2D eigenvalue weighted by molar-refractivity contribution is 5.66. The van der Waals surface area contributed by atoms with E-state index in [4.69, 9.17) is 5.26 Å². The second kappa shape index (κ2) is 6.02. The second-order valence-electron chi connectivity index (χ2n) is 4.50. The van der Waals surface area contributed by atoms with Crippen molar-refractivity contribution >= 4 is 6.08 Å². The molecule has 0 aromatic heterocycles. The van der Waals surface area contributed by atoms with E-state index in [9.17, 15) is 0 Å². The average Bonchev–Trinajstić information content (AvgIpc) is 2.34. The molecule has 92 valence electrons. The fourth-order valence-electron chi connectivity index (χ4n) is 1.89. The van der Waals surface area contributed by atoms with Crippen molar-refractivity contribution in [3.05, 3.63) is 64.8 Å². The highest BCUT2D eigenvalue weighted by Crippen LogP contribution is 2.22. The summed E-state index contributed by atoms with van der Waals surface area (Å²) >= 11 is 0. The first-order chi connectivity index (χ1) is 8.49. The van der Waals surface area contributed by atoms with E-state index in [-0.39, 0.29) is 0 Å². The van der Waals surface area contributed by atoms with Crippen LogP contribution >= 0.6 is 0 Å². The summed E-state index contributed by atoms with van der Waals surface area (Å²) in [6.07, 6.45) is 3.01. The molecule has 1 heteroatoms. The molecule has 1 aromatic rings. The molecule has 0 atom stereocenters. The second-order valence-corrected chi connectivity index (χ2v) is 4.50. The lowest BCUT2D eigenvalue weighted by atomic mass is 9.95. The van der Waals surface area contributed by atoms with Crippen LogP contribution in [0.2, 0.25) is 0 Å². The first-order valence-electron chi connectivity index (χ1n) is 6.06. The minimum atomic E-state index is 0.705. The zero-order valence-corrected chi connectivity index (χ0v) is 11.4. The van der Waals surface area contributed by atoms with Crippen molar-refractivity contribution in [2.24, 2.45) is 0 Å².